The van der Waals surface area contributed by atoms with E-state index in [1.807, 2.05) is 23.5 Å². The molecular weight excluding hydrogens is 719 g/mol. The highest BCUT2D eigenvalue weighted by Gasteiger charge is 2.22. The maximum absolute atomic E-state index is 6.40. The van der Waals surface area contributed by atoms with E-state index in [4.69, 9.17) is 9.40 Å². The number of pyridine rings is 1. The molecule has 11 rings (SSSR count). The molecule has 0 saturated carbocycles. The molecule has 0 amide bonds. The Morgan fingerprint density at radius 1 is 0.521 bits per heavy atom. The van der Waals surface area contributed by atoms with Crippen LogP contribution in [0.4, 0.5) is 0 Å². The third-order valence-electron chi connectivity index (χ3n) is 9.83. The van der Waals surface area contributed by atoms with Gasteiger partial charge in [-0.05, 0) is 81.4 Å². The fourth-order valence-electron chi connectivity index (χ4n) is 7.64. The summed E-state index contributed by atoms with van der Waals surface area (Å²) in [6.07, 6.45) is 0. The lowest BCUT2D eigenvalue weighted by Crippen LogP contribution is -2.03. The van der Waals surface area contributed by atoms with E-state index in [1.54, 1.807) is 0 Å². The number of furan rings is 1. The number of halogens is 1. The average Bonchev–Trinajstić information content (AvgIpc) is 3.77. The van der Waals surface area contributed by atoms with E-state index in [1.165, 1.54) is 52.8 Å². The van der Waals surface area contributed by atoms with Crippen molar-refractivity contribution in [2.24, 2.45) is 0 Å². The van der Waals surface area contributed by atoms with Crippen LogP contribution < -0.4 is 0 Å². The number of thiophene rings is 1. The van der Waals surface area contributed by atoms with Gasteiger partial charge < -0.3 is 4.42 Å². The summed E-state index contributed by atoms with van der Waals surface area (Å²) in [5, 5.41) is 11.0. The van der Waals surface area contributed by atoms with Crippen LogP contribution in [0.25, 0.3) is 103 Å². The van der Waals surface area contributed by atoms with Crippen molar-refractivity contribution in [1.82, 2.24) is 9.55 Å². The fraction of sp³-hybridized carbons (Fsp3) is 0. The van der Waals surface area contributed by atoms with Gasteiger partial charge in [-0.25, -0.2) is 4.98 Å². The molecule has 4 aromatic heterocycles. The van der Waals surface area contributed by atoms with E-state index < -0.39 is 0 Å². The lowest BCUT2D eigenvalue weighted by molar-refractivity contribution is 0.669. The molecule has 0 fully saturated rings. The molecule has 0 saturated heterocycles. The molecule has 4 heterocycles. The molecule has 0 radical (unpaired) electrons. The van der Waals surface area contributed by atoms with Crippen molar-refractivity contribution in [3.05, 3.63) is 143 Å². The Morgan fingerprint density at radius 2 is 1.25 bits per heavy atom. The molecule has 0 spiro atoms. The van der Waals surface area contributed by atoms with Gasteiger partial charge in [0, 0.05) is 58.7 Å². The highest BCUT2D eigenvalue weighted by atomic mass is 127. The van der Waals surface area contributed by atoms with Crippen LogP contribution in [0.3, 0.4) is 0 Å². The molecule has 0 bridgehead atoms. The van der Waals surface area contributed by atoms with Crippen LogP contribution in [0.2, 0.25) is 0 Å². The number of rotatable bonds is 2. The van der Waals surface area contributed by atoms with Gasteiger partial charge in [0.1, 0.15) is 11.2 Å². The Morgan fingerprint density at radius 3 is 2.15 bits per heavy atom. The van der Waals surface area contributed by atoms with Crippen molar-refractivity contribution >= 4 is 120 Å². The van der Waals surface area contributed by atoms with Crippen LogP contribution >= 0.6 is 33.9 Å². The molecule has 3 nitrogen and oxygen atoms in total. The van der Waals surface area contributed by atoms with E-state index >= 15 is 0 Å². The van der Waals surface area contributed by atoms with Crippen molar-refractivity contribution < 1.29 is 4.42 Å². The Kier molecular flexibility index (Phi) is 5.52. The van der Waals surface area contributed by atoms with Crippen LogP contribution in [0, 0.1) is 3.57 Å². The van der Waals surface area contributed by atoms with Gasteiger partial charge in [0.05, 0.1) is 20.1 Å². The first-order valence-electron chi connectivity index (χ1n) is 16.0. The van der Waals surface area contributed by atoms with Gasteiger partial charge in [-0.1, -0.05) is 91.0 Å². The predicted octanol–water partition coefficient (Wildman–Crippen LogP) is 13.0. The summed E-state index contributed by atoms with van der Waals surface area (Å²) in [5.74, 6) is 0.925. The Labute approximate surface area is 291 Å². The molecule has 5 heteroatoms. The van der Waals surface area contributed by atoms with Crippen LogP contribution in [-0.4, -0.2) is 9.55 Å². The maximum atomic E-state index is 6.40. The van der Waals surface area contributed by atoms with Gasteiger partial charge in [-0.15, -0.1) is 11.3 Å². The SMILES string of the molecule is Ic1c(-n2c3ccccc3c3cc4c(cc32)oc2ccccc24)nc2ccccc2c1-c1ccc2c(c1)sc1cc3ccccc3cc12. The zero-order valence-corrected chi connectivity index (χ0v) is 28.3. The number of nitrogens with zero attached hydrogens (tertiary/aromatic N) is 2. The predicted molar refractivity (Wildman–Crippen MR) is 212 cm³/mol. The minimum absolute atomic E-state index is 0.881. The monoisotopic (exact) mass is 742 g/mol. The molecule has 0 N–H and O–H groups in total. The van der Waals surface area contributed by atoms with Crippen molar-refractivity contribution in [3.8, 4) is 16.9 Å². The number of hydrogen-bond donors (Lipinski definition) is 0. The first-order chi connectivity index (χ1) is 23.7. The van der Waals surface area contributed by atoms with Crippen LogP contribution in [0.15, 0.2) is 144 Å². The molecule has 0 atom stereocenters. The second-order valence-electron chi connectivity index (χ2n) is 12.5. The number of aromatic nitrogens is 2. The minimum Gasteiger partial charge on any atom is -0.456 e. The van der Waals surface area contributed by atoms with Gasteiger partial charge in [0.15, 0.2) is 5.82 Å². The molecular formula is C43H23IN2OS. The first kappa shape index (κ1) is 26.8. The van der Waals surface area contributed by atoms with E-state index in [2.05, 4.69) is 155 Å². The van der Waals surface area contributed by atoms with Crippen molar-refractivity contribution in [2.75, 3.05) is 0 Å². The van der Waals surface area contributed by atoms with Gasteiger partial charge in [-0.2, -0.15) is 0 Å². The lowest BCUT2D eigenvalue weighted by atomic mass is 9.99. The molecule has 7 aromatic carbocycles. The van der Waals surface area contributed by atoms with E-state index in [0.29, 0.717) is 0 Å². The van der Waals surface area contributed by atoms with E-state index in [9.17, 15) is 0 Å². The third-order valence-corrected chi connectivity index (χ3v) is 12.0. The number of fused-ring (bicyclic) bond motifs is 11. The molecule has 48 heavy (non-hydrogen) atoms. The highest BCUT2D eigenvalue weighted by Crippen LogP contribution is 2.44. The summed E-state index contributed by atoms with van der Waals surface area (Å²) < 4.78 is 12.5. The summed E-state index contributed by atoms with van der Waals surface area (Å²) in [6.45, 7) is 0. The fourth-order valence-corrected chi connectivity index (χ4v) is 9.78. The molecule has 0 aliphatic rings. The quantitative estimate of drug-likeness (QED) is 0.165. The number of benzene rings is 7. The van der Waals surface area contributed by atoms with Gasteiger partial charge >= 0.3 is 0 Å². The molecule has 0 aliphatic carbocycles. The maximum Gasteiger partial charge on any atom is 0.152 e. The standard InChI is InChI=1S/C43H23IN2OS/c44-42-41(26-17-18-29-33-19-24-9-1-2-10-25(24)20-40(33)48-39(29)21-26)30-13-3-6-14-34(30)45-43(42)46-35-15-7-4-11-27(35)31-22-32-28-12-5-8-16-37(28)47-38(32)23-36(31)46/h1-23H. The Balaban J connectivity index is 1.21. The van der Waals surface area contributed by atoms with Gasteiger partial charge in [-0.3, -0.25) is 4.57 Å². The zero-order valence-electron chi connectivity index (χ0n) is 25.4. The van der Waals surface area contributed by atoms with Crippen LogP contribution in [-0.2, 0) is 0 Å². The van der Waals surface area contributed by atoms with Crippen LogP contribution in [0.5, 0.6) is 0 Å². The normalized spacial score (nSPS) is 12.3. The summed E-state index contributed by atoms with van der Waals surface area (Å²) in [6, 6.07) is 50.3. The van der Waals surface area contributed by atoms with Crippen molar-refractivity contribution in [3.63, 3.8) is 0 Å². The van der Waals surface area contributed by atoms with E-state index in [0.717, 1.165) is 53.3 Å². The van der Waals surface area contributed by atoms with Gasteiger partial charge in [0.25, 0.3) is 0 Å². The van der Waals surface area contributed by atoms with Crippen LogP contribution in [0.1, 0.15) is 0 Å². The smallest absolute Gasteiger partial charge is 0.152 e. The second-order valence-corrected chi connectivity index (χ2v) is 14.6. The summed E-state index contributed by atoms with van der Waals surface area (Å²) >= 11 is 4.40. The largest absolute Gasteiger partial charge is 0.456 e. The lowest BCUT2D eigenvalue weighted by Gasteiger charge is -2.16. The highest BCUT2D eigenvalue weighted by molar-refractivity contribution is 14.1. The topological polar surface area (TPSA) is 31.0 Å². The number of para-hydroxylation sites is 3. The summed E-state index contributed by atoms with van der Waals surface area (Å²) in [5.41, 5.74) is 7.37. The Bertz CT molecular complexity index is 3150. The van der Waals surface area contributed by atoms with Crippen molar-refractivity contribution in [1.29, 1.82) is 0 Å². The van der Waals surface area contributed by atoms with Gasteiger partial charge in [0.2, 0.25) is 0 Å². The zero-order chi connectivity index (χ0) is 31.5. The molecule has 224 valence electrons. The van der Waals surface area contributed by atoms with Crippen molar-refractivity contribution in [2.45, 2.75) is 0 Å². The second kappa shape index (κ2) is 9.89. The Hall–Kier alpha value is -5.24. The molecule has 11 aromatic rings. The summed E-state index contributed by atoms with van der Waals surface area (Å²) in [4.78, 5) is 5.38. The molecule has 0 aliphatic heterocycles. The third kappa shape index (κ3) is 3.71. The average molecular weight is 743 g/mol. The minimum atomic E-state index is 0.881. The van der Waals surface area contributed by atoms with E-state index in [-0.39, 0.29) is 0 Å². The molecule has 0 unspecified atom stereocenters. The first-order valence-corrected chi connectivity index (χ1v) is 17.9. The number of hydrogen-bond acceptors (Lipinski definition) is 3. The summed E-state index contributed by atoms with van der Waals surface area (Å²) in [7, 11) is 0.